The van der Waals surface area contributed by atoms with Crippen LogP contribution in [0.3, 0.4) is 0 Å². The molecule has 0 atom stereocenters. The maximum Gasteiger partial charge on any atom is 0.159 e. The first-order valence-corrected chi connectivity index (χ1v) is 13.1. The minimum absolute atomic E-state index is 0.694. The van der Waals surface area contributed by atoms with Crippen LogP contribution < -0.4 is 0 Å². The molecule has 7 rings (SSSR count). The SMILES string of the molecule is Cc1cc(-n2nnc3ccccc32)c(C)cc1-c1cnc(-c2cc(C)c(-n3nnc4ccccc43)cc2C)nc1. The van der Waals surface area contributed by atoms with E-state index in [0.717, 1.165) is 72.4 Å². The van der Waals surface area contributed by atoms with Crippen molar-refractivity contribution in [2.24, 2.45) is 0 Å². The van der Waals surface area contributed by atoms with E-state index in [1.54, 1.807) is 0 Å². The molecule has 0 saturated heterocycles. The fraction of sp³-hybridized carbons (Fsp3) is 0.125. The van der Waals surface area contributed by atoms with Crippen LogP contribution in [0.25, 0.3) is 56.0 Å². The minimum Gasteiger partial charge on any atom is -0.236 e. The van der Waals surface area contributed by atoms with Gasteiger partial charge in [-0.2, -0.15) is 0 Å². The van der Waals surface area contributed by atoms with Gasteiger partial charge < -0.3 is 0 Å². The molecule has 0 bridgehead atoms. The molecule has 0 amide bonds. The van der Waals surface area contributed by atoms with Gasteiger partial charge in [-0.25, -0.2) is 19.3 Å². The van der Waals surface area contributed by atoms with Gasteiger partial charge in [-0.3, -0.25) is 0 Å². The first-order valence-electron chi connectivity index (χ1n) is 13.1. The Labute approximate surface area is 231 Å². The summed E-state index contributed by atoms with van der Waals surface area (Å²) in [6, 6.07) is 24.5. The molecule has 4 aromatic carbocycles. The highest BCUT2D eigenvalue weighted by Gasteiger charge is 2.15. The second-order valence-electron chi connectivity index (χ2n) is 10.2. The first kappa shape index (κ1) is 23.8. The van der Waals surface area contributed by atoms with Crippen molar-refractivity contribution in [3.8, 4) is 33.9 Å². The number of para-hydroxylation sites is 2. The summed E-state index contributed by atoms with van der Waals surface area (Å²) in [5.74, 6) is 0.694. The topological polar surface area (TPSA) is 87.2 Å². The summed E-state index contributed by atoms with van der Waals surface area (Å²) < 4.78 is 3.79. The van der Waals surface area contributed by atoms with Crippen molar-refractivity contribution in [2.75, 3.05) is 0 Å². The Morgan fingerprint density at radius 3 is 1.55 bits per heavy atom. The van der Waals surface area contributed by atoms with Crippen LogP contribution >= 0.6 is 0 Å². The summed E-state index contributed by atoms with van der Waals surface area (Å²) in [7, 11) is 0. The average molecular weight is 523 g/mol. The molecule has 3 heterocycles. The van der Waals surface area contributed by atoms with Crippen molar-refractivity contribution in [1.82, 2.24) is 40.0 Å². The Morgan fingerprint density at radius 2 is 1.00 bits per heavy atom. The van der Waals surface area contributed by atoms with E-state index >= 15 is 0 Å². The number of nitrogens with zero attached hydrogens (tertiary/aromatic N) is 8. The Kier molecular flexibility index (Phi) is 5.48. The van der Waals surface area contributed by atoms with Gasteiger partial charge >= 0.3 is 0 Å². The molecule has 0 spiro atoms. The highest BCUT2D eigenvalue weighted by molar-refractivity contribution is 5.79. The molecule has 0 fully saturated rings. The smallest absolute Gasteiger partial charge is 0.159 e. The third kappa shape index (κ3) is 3.84. The normalized spacial score (nSPS) is 11.5. The van der Waals surface area contributed by atoms with E-state index in [-0.39, 0.29) is 0 Å². The van der Waals surface area contributed by atoms with Crippen LogP contribution in [0.2, 0.25) is 0 Å². The van der Waals surface area contributed by atoms with E-state index in [9.17, 15) is 0 Å². The lowest BCUT2D eigenvalue weighted by atomic mass is 9.98. The second-order valence-corrected chi connectivity index (χ2v) is 10.2. The molecule has 0 unspecified atom stereocenters. The number of benzene rings is 4. The molecule has 0 saturated carbocycles. The maximum atomic E-state index is 4.78. The summed E-state index contributed by atoms with van der Waals surface area (Å²) in [4.78, 5) is 9.56. The molecule has 0 N–H and O–H groups in total. The molecule has 7 aromatic rings. The fourth-order valence-corrected chi connectivity index (χ4v) is 5.31. The van der Waals surface area contributed by atoms with E-state index in [1.165, 1.54) is 0 Å². The van der Waals surface area contributed by atoms with Gasteiger partial charge in [0, 0.05) is 23.5 Å². The first-order chi connectivity index (χ1) is 19.5. The molecule has 40 heavy (non-hydrogen) atoms. The van der Waals surface area contributed by atoms with Gasteiger partial charge in [0.2, 0.25) is 0 Å². The fourth-order valence-electron chi connectivity index (χ4n) is 5.31. The quantitative estimate of drug-likeness (QED) is 0.262. The number of hydrogen-bond donors (Lipinski definition) is 0. The van der Waals surface area contributed by atoms with Crippen LogP contribution in [0.1, 0.15) is 22.3 Å². The molecular weight excluding hydrogens is 496 g/mol. The third-order valence-electron chi connectivity index (χ3n) is 7.45. The summed E-state index contributed by atoms with van der Waals surface area (Å²) in [5.41, 5.74) is 13.2. The third-order valence-corrected chi connectivity index (χ3v) is 7.45. The molecule has 0 aliphatic carbocycles. The van der Waals surface area contributed by atoms with Crippen molar-refractivity contribution in [2.45, 2.75) is 27.7 Å². The van der Waals surface area contributed by atoms with Crippen LogP contribution in [0, 0.1) is 27.7 Å². The van der Waals surface area contributed by atoms with Gasteiger partial charge in [-0.15, -0.1) is 10.2 Å². The Hall–Kier alpha value is -5.24. The number of hydrogen-bond acceptors (Lipinski definition) is 6. The zero-order valence-corrected chi connectivity index (χ0v) is 22.7. The highest BCUT2D eigenvalue weighted by Crippen LogP contribution is 2.31. The second kappa shape index (κ2) is 9.20. The minimum atomic E-state index is 0.694. The predicted octanol–water partition coefficient (Wildman–Crippen LogP) is 6.51. The van der Waals surface area contributed by atoms with Gasteiger partial charge in [-0.05, 0) is 104 Å². The van der Waals surface area contributed by atoms with E-state index in [4.69, 9.17) is 9.97 Å². The van der Waals surface area contributed by atoms with Crippen LogP contribution in [-0.4, -0.2) is 40.0 Å². The zero-order chi connectivity index (χ0) is 27.4. The zero-order valence-electron chi connectivity index (χ0n) is 22.7. The lowest BCUT2D eigenvalue weighted by Gasteiger charge is -2.14. The molecule has 194 valence electrons. The van der Waals surface area contributed by atoms with E-state index in [1.807, 2.05) is 70.3 Å². The van der Waals surface area contributed by atoms with Gasteiger partial charge in [0.25, 0.3) is 0 Å². The van der Waals surface area contributed by atoms with Crippen molar-refractivity contribution < 1.29 is 0 Å². The average Bonchev–Trinajstić information content (AvgIpc) is 3.60. The molecule has 8 nitrogen and oxygen atoms in total. The van der Waals surface area contributed by atoms with Crippen LogP contribution in [0.5, 0.6) is 0 Å². The summed E-state index contributed by atoms with van der Waals surface area (Å²) in [6.45, 7) is 8.35. The summed E-state index contributed by atoms with van der Waals surface area (Å²) in [5, 5.41) is 17.4. The molecule has 3 aromatic heterocycles. The van der Waals surface area contributed by atoms with Crippen molar-refractivity contribution in [1.29, 1.82) is 0 Å². The van der Waals surface area contributed by atoms with Gasteiger partial charge in [-0.1, -0.05) is 34.7 Å². The van der Waals surface area contributed by atoms with Crippen LogP contribution in [0.15, 0.2) is 85.2 Å². The summed E-state index contributed by atoms with van der Waals surface area (Å²) in [6.07, 6.45) is 3.81. The van der Waals surface area contributed by atoms with E-state index < -0.39 is 0 Å². The van der Waals surface area contributed by atoms with Crippen molar-refractivity contribution >= 4 is 22.1 Å². The lowest BCUT2D eigenvalue weighted by molar-refractivity contribution is 0.818. The number of aryl methyl sites for hydroxylation is 4. The lowest BCUT2D eigenvalue weighted by Crippen LogP contribution is -2.02. The molecule has 0 radical (unpaired) electrons. The molecule has 0 aliphatic rings. The maximum absolute atomic E-state index is 4.78. The van der Waals surface area contributed by atoms with Crippen LogP contribution in [-0.2, 0) is 0 Å². The van der Waals surface area contributed by atoms with E-state index in [2.05, 4.69) is 72.6 Å². The monoisotopic (exact) mass is 522 g/mol. The van der Waals surface area contributed by atoms with Gasteiger partial charge in [0.15, 0.2) is 5.82 Å². The number of fused-ring (bicyclic) bond motifs is 2. The highest BCUT2D eigenvalue weighted by atomic mass is 15.4. The largest absolute Gasteiger partial charge is 0.236 e. The number of aromatic nitrogens is 8. The Balaban J connectivity index is 1.22. The summed E-state index contributed by atoms with van der Waals surface area (Å²) >= 11 is 0. The van der Waals surface area contributed by atoms with Crippen LogP contribution in [0.4, 0.5) is 0 Å². The predicted molar refractivity (Wildman–Crippen MR) is 157 cm³/mol. The van der Waals surface area contributed by atoms with Crippen molar-refractivity contribution in [3.63, 3.8) is 0 Å². The van der Waals surface area contributed by atoms with E-state index in [0.29, 0.717) is 5.82 Å². The van der Waals surface area contributed by atoms with Gasteiger partial charge in [0.05, 0.1) is 22.4 Å². The van der Waals surface area contributed by atoms with Crippen molar-refractivity contribution in [3.05, 3.63) is 107 Å². The number of rotatable bonds is 4. The van der Waals surface area contributed by atoms with Gasteiger partial charge in [0.1, 0.15) is 11.0 Å². The Morgan fingerprint density at radius 1 is 0.525 bits per heavy atom. The Bertz CT molecular complexity index is 1900. The standard InChI is InChI=1S/C32H26N8/c1-19-15-30(39-28-11-7-5-9-26(28)35-37-39)21(3)13-24(19)23-17-33-32(34-18-23)25-14-22(4)31(16-20(25)2)40-29-12-8-6-10-27(29)36-38-40/h5-18H,1-4H3. The molecule has 0 aliphatic heterocycles. The molecule has 8 heteroatoms. The molecular formula is C32H26N8.